The second kappa shape index (κ2) is 13.4. The van der Waals surface area contributed by atoms with E-state index in [2.05, 4.69) is 30.5 Å². The maximum atomic E-state index is 16.1. The molecule has 3 aromatic heterocycles. The summed E-state index contributed by atoms with van der Waals surface area (Å²) in [5.74, 6) is -6.53. The number of hydrogen-bond donors (Lipinski definition) is 2. The summed E-state index contributed by atoms with van der Waals surface area (Å²) in [4.78, 5) is 19.1. The lowest BCUT2D eigenvalue weighted by Gasteiger charge is -2.36. The van der Waals surface area contributed by atoms with Gasteiger partial charge in [0.05, 0.1) is 31.8 Å². The van der Waals surface area contributed by atoms with E-state index in [4.69, 9.17) is 0 Å². The van der Waals surface area contributed by atoms with Gasteiger partial charge in [-0.25, -0.2) is 22.9 Å². The van der Waals surface area contributed by atoms with Crippen molar-refractivity contribution in [3.8, 4) is 11.1 Å². The maximum Gasteiger partial charge on any atom is 0.365 e. The van der Waals surface area contributed by atoms with Crippen molar-refractivity contribution in [2.45, 2.75) is 50.5 Å². The van der Waals surface area contributed by atoms with Crippen molar-refractivity contribution in [3.63, 3.8) is 0 Å². The zero-order chi connectivity index (χ0) is 34.9. The average molecular weight is 683 g/mol. The standard InChI is InChI=1S/C32H34F4N10O3/c1-3-28(21(2)47)46-30(48)45(20-39-46)44-14-12-42(13-15-44)25-8-4-22(5-9-25)23-6-11-29(37-17-23)32(35,36)31(49,18-43-19-38-40-41-43)26-10-7-24(33)16-27(26)34/h4-11,16-17,19-21,28,47,49H,3,12-15,18H2,1-2H3/t21?,28?,31-/m0/s1. The van der Waals surface area contributed by atoms with Gasteiger partial charge >= 0.3 is 11.6 Å². The SMILES string of the molecule is CCC(C(C)O)n1ncn(N2CCN(c3ccc(-c4ccc(C(F)(F)[C@](O)(Cn5cnnn5)c5ccc(F)cc5F)nc4)cc3)CC2)c1=O. The first kappa shape index (κ1) is 33.7. The molecule has 1 fully saturated rings. The van der Waals surface area contributed by atoms with Gasteiger partial charge in [-0.3, -0.25) is 4.98 Å². The number of benzene rings is 2. The number of alkyl halides is 2. The molecule has 4 heterocycles. The van der Waals surface area contributed by atoms with Crippen LogP contribution in [0.5, 0.6) is 0 Å². The minimum absolute atomic E-state index is 0.303. The van der Waals surface area contributed by atoms with E-state index >= 15 is 8.78 Å². The Labute approximate surface area is 277 Å². The summed E-state index contributed by atoms with van der Waals surface area (Å²) in [7, 11) is 0. The quantitative estimate of drug-likeness (QED) is 0.200. The topological polar surface area (TPSA) is 143 Å². The molecule has 3 atom stereocenters. The Morgan fingerprint density at radius 1 is 0.959 bits per heavy atom. The number of halogens is 4. The Morgan fingerprint density at radius 3 is 2.27 bits per heavy atom. The van der Waals surface area contributed by atoms with Crippen LogP contribution in [0.3, 0.4) is 0 Å². The summed E-state index contributed by atoms with van der Waals surface area (Å²) >= 11 is 0. The fourth-order valence-corrected chi connectivity index (χ4v) is 6.11. The molecule has 6 rings (SSSR count). The number of piperazine rings is 1. The van der Waals surface area contributed by atoms with Crippen LogP contribution in [-0.4, -0.2) is 82.1 Å². The van der Waals surface area contributed by atoms with Crippen LogP contribution < -0.4 is 15.6 Å². The average Bonchev–Trinajstić information content (AvgIpc) is 3.74. The van der Waals surface area contributed by atoms with E-state index in [1.807, 2.05) is 36.2 Å². The van der Waals surface area contributed by atoms with Crippen LogP contribution in [0.2, 0.25) is 0 Å². The molecule has 1 aliphatic heterocycles. The molecule has 0 spiro atoms. The highest BCUT2D eigenvalue weighted by molar-refractivity contribution is 5.66. The molecule has 0 aliphatic carbocycles. The summed E-state index contributed by atoms with van der Waals surface area (Å²) in [6.45, 7) is 4.93. The number of nitrogens with zero attached hydrogens (tertiary/aromatic N) is 10. The third-order valence-electron chi connectivity index (χ3n) is 8.86. The van der Waals surface area contributed by atoms with Crippen molar-refractivity contribution < 1.29 is 27.8 Å². The molecule has 0 amide bonds. The predicted molar refractivity (Wildman–Crippen MR) is 169 cm³/mol. The van der Waals surface area contributed by atoms with Gasteiger partial charge in [0.2, 0.25) is 0 Å². The van der Waals surface area contributed by atoms with Crippen molar-refractivity contribution in [2.75, 3.05) is 36.1 Å². The molecule has 1 saturated heterocycles. The number of aliphatic hydroxyl groups excluding tert-OH is 1. The molecule has 49 heavy (non-hydrogen) atoms. The van der Waals surface area contributed by atoms with Crippen LogP contribution in [0.1, 0.15) is 37.6 Å². The Bertz CT molecular complexity index is 1930. The van der Waals surface area contributed by atoms with Crippen LogP contribution in [0.4, 0.5) is 23.2 Å². The Hall–Kier alpha value is -5.16. The van der Waals surface area contributed by atoms with Gasteiger partial charge < -0.3 is 20.1 Å². The first-order valence-electron chi connectivity index (χ1n) is 15.6. The fraction of sp³-hybridized carbons (Fsp3) is 0.375. The molecule has 13 nitrogen and oxygen atoms in total. The number of tetrazole rings is 1. The third-order valence-corrected chi connectivity index (χ3v) is 8.86. The van der Waals surface area contributed by atoms with Gasteiger partial charge in [-0.15, -0.1) is 5.10 Å². The van der Waals surface area contributed by atoms with Crippen LogP contribution in [0, 0.1) is 11.6 Å². The number of aliphatic hydroxyl groups is 2. The van der Waals surface area contributed by atoms with Gasteiger partial charge in [0.1, 0.15) is 30.0 Å². The molecule has 2 unspecified atom stereocenters. The molecule has 17 heteroatoms. The Balaban J connectivity index is 1.16. The van der Waals surface area contributed by atoms with Crippen LogP contribution in [-0.2, 0) is 18.1 Å². The Morgan fingerprint density at radius 2 is 1.67 bits per heavy atom. The van der Waals surface area contributed by atoms with Crippen molar-refractivity contribution in [1.29, 1.82) is 0 Å². The highest BCUT2D eigenvalue weighted by Crippen LogP contribution is 2.47. The highest BCUT2D eigenvalue weighted by Gasteiger charge is 2.58. The van der Waals surface area contributed by atoms with Gasteiger partial charge in [0.15, 0.2) is 5.60 Å². The van der Waals surface area contributed by atoms with Crippen molar-refractivity contribution in [1.82, 2.24) is 39.6 Å². The number of aromatic nitrogens is 8. The number of pyridine rings is 1. The number of anilines is 1. The zero-order valence-electron chi connectivity index (χ0n) is 26.6. The lowest BCUT2D eigenvalue weighted by Crippen LogP contribution is -2.54. The van der Waals surface area contributed by atoms with E-state index in [9.17, 15) is 23.8 Å². The summed E-state index contributed by atoms with van der Waals surface area (Å²) in [5, 5.41) is 37.8. The van der Waals surface area contributed by atoms with E-state index in [0.717, 1.165) is 34.9 Å². The summed E-state index contributed by atoms with van der Waals surface area (Å²) in [6.07, 6.45) is 3.54. The normalized spacial score (nSPS) is 16.4. The van der Waals surface area contributed by atoms with E-state index < -0.39 is 53.1 Å². The number of hydrogen-bond acceptors (Lipinski definition) is 10. The van der Waals surface area contributed by atoms with E-state index in [0.29, 0.717) is 49.8 Å². The highest BCUT2D eigenvalue weighted by atomic mass is 19.3. The fourth-order valence-electron chi connectivity index (χ4n) is 6.11. The first-order chi connectivity index (χ1) is 23.4. The molecule has 0 saturated carbocycles. The smallest absolute Gasteiger partial charge is 0.365 e. The molecule has 2 N–H and O–H groups in total. The molecule has 0 radical (unpaired) electrons. The Kier molecular flexibility index (Phi) is 9.22. The molecular weight excluding hydrogens is 648 g/mol. The maximum absolute atomic E-state index is 16.1. The van der Waals surface area contributed by atoms with Crippen molar-refractivity contribution in [2.24, 2.45) is 0 Å². The predicted octanol–water partition coefficient (Wildman–Crippen LogP) is 2.84. The van der Waals surface area contributed by atoms with Gasteiger partial charge in [-0.1, -0.05) is 25.1 Å². The van der Waals surface area contributed by atoms with Crippen molar-refractivity contribution >= 4 is 5.69 Å². The molecule has 258 valence electrons. The second-order valence-electron chi connectivity index (χ2n) is 11.9. The zero-order valence-corrected chi connectivity index (χ0v) is 26.6. The van der Waals surface area contributed by atoms with Crippen LogP contribution in [0.15, 0.2) is 78.2 Å². The van der Waals surface area contributed by atoms with Crippen LogP contribution >= 0.6 is 0 Å². The van der Waals surface area contributed by atoms with Gasteiger partial charge in [-0.05, 0) is 59.7 Å². The first-order valence-corrected chi connectivity index (χ1v) is 15.6. The molecule has 1 aliphatic rings. The summed E-state index contributed by atoms with van der Waals surface area (Å²) in [5.41, 5.74) is -3.08. The molecular formula is C32H34F4N10O3. The largest absolute Gasteiger partial charge is 0.391 e. The van der Waals surface area contributed by atoms with Gasteiger partial charge in [0.25, 0.3) is 0 Å². The minimum atomic E-state index is -4.17. The summed E-state index contributed by atoms with van der Waals surface area (Å²) in [6, 6.07) is 11.4. The summed E-state index contributed by atoms with van der Waals surface area (Å²) < 4.78 is 64.3. The second-order valence-corrected chi connectivity index (χ2v) is 11.9. The number of rotatable bonds is 11. The van der Waals surface area contributed by atoms with E-state index in [1.165, 1.54) is 27.9 Å². The monoisotopic (exact) mass is 682 g/mol. The van der Waals surface area contributed by atoms with E-state index in [-0.39, 0.29) is 5.69 Å². The van der Waals surface area contributed by atoms with E-state index in [1.54, 1.807) is 6.92 Å². The molecule has 0 bridgehead atoms. The third kappa shape index (κ3) is 6.38. The minimum Gasteiger partial charge on any atom is -0.391 e. The van der Waals surface area contributed by atoms with Gasteiger partial charge in [0, 0.05) is 42.2 Å². The van der Waals surface area contributed by atoms with Crippen LogP contribution in [0.25, 0.3) is 11.1 Å². The molecule has 2 aromatic carbocycles. The lowest BCUT2D eigenvalue weighted by atomic mass is 9.84. The molecule has 5 aromatic rings. The lowest BCUT2D eigenvalue weighted by molar-refractivity contribution is -0.207. The van der Waals surface area contributed by atoms with Gasteiger partial charge in [-0.2, -0.15) is 18.6 Å². The van der Waals surface area contributed by atoms with Crippen molar-refractivity contribution in [3.05, 3.63) is 107 Å².